The van der Waals surface area contributed by atoms with Crippen LogP contribution in [0.25, 0.3) is 11.3 Å². The summed E-state index contributed by atoms with van der Waals surface area (Å²) in [4.78, 5) is 4.59. The Morgan fingerprint density at radius 3 is 1.83 bits per heavy atom. The molecule has 0 bridgehead atoms. The van der Waals surface area contributed by atoms with E-state index in [1.54, 1.807) is 0 Å². The number of hydrogen-bond donors (Lipinski definition) is 0. The van der Waals surface area contributed by atoms with Gasteiger partial charge in [-0.05, 0) is 37.1 Å². The van der Waals surface area contributed by atoms with Crippen LogP contribution in [0.1, 0.15) is 90.9 Å². The van der Waals surface area contributed by atoms with Crippen molar-refractivity contribution >= 4 is 0 Å². The Morgan fingerprint density at radius 2 is 1.23 bits per heavy atom. The number of unbranched alkanes of at least 4 members (excludes halogenated alkanes) is 10. The number of ether oxygens (including phenoxy) is 2. The Balaban J connectivity index is 1.70. The quantitative estimate of drug-likeness (QED) is 0.246. The lowest BCUT2D eigenvalue weighted by Gasteiger charge is -2.09. The highest BCUT2D eigenvalue weighted by molar-refractivity contribution is 5.61. The number of hydrogen-bond acceptors (Lipinski definition) is 3. The molecule has 1 heterocycles. The van der Waals surface area contributed by atoms with Crippen molar-refractivity contribution in [3.8, 4) is 22.8 Å². The van der Waals surface area contributed by atoms with Gasteiger partial charge >= 0.3 is 0 Å². The fourth-order valence-corrected chi connectivity index (χ4v) is 3.53. The summed E-state index contributed by atoms with van der Waals surface area (Å²) in [5.41, 5.74) is 2.03. The van der Waals surface area contributed by atoms with Gasteiger partial charge in [0.15, 0.2) is 0 Å². The Hall–Kier alpha value is -2.03. The lowest BCUT2D eigenvalue weighted by atomic mass is 10.1. The molecule has 0 amide bonds. The first-order valence-electron chi connectivity index (χ1n) is 12.2. The maximum atomic E-state index is 5.95. The van der Waals surface area contributed by atoms with Gasteiger partial charge in [-0.3, -0.25) is 4.98 Å². The van der Waals surface area contributed by atoms with Crippen molar-refractivity contribution in [2.24, 2.45) is 0 Å². The highest BCUT2D eigenvalue weighted by Crippen LogP contribution is 2.24. The monoisotopic (exact) mass is 411 g/mol. The van der Waals surface area contributed by atoms with Gasteiger partial charge in [-0.1, -0.05) is 90.2 Å². The van der Waals surface area contributed by atoms with Crippen molar-refractivity contribution in [1.29, 1.82) is 0 Å². The van der Waals surface area contributed by atoms with Gasteiger partial charge in [-0.2, -0.15) is 0 Å². The minimum absolute atomic E-state index is 0.773. The van der Waals surface area contributed by atoms with Crippen molar-refractivity contribution < 1.29 is 9.47 Å². The summed E-state index contributed by atoms with van der Waals surface area (Å²) in [7, 11) is 0. The molecular formula is C27H41NO2. The van der Waals surface area contributed by atoms with E-state index in [-0.39, 0.29) is 0 Å². The molecule has 0 radical (unpaired) electrons. The summed E-state index contributed by atoms with van der Waals surface area (Å²) in [5, 5.41) is 0. The number of benzene rings is 1. The third-order valence-electron chi connectivity index (χ3n) is 5.40. The van der Waals surface area contributed by atoms with Gasteiger partial charge in [-0.15, -0.1) is 0 Å². The van der Waals surface area contributed by atoms with Gasteiger partial charge in [-0.25, -0.2) is 0 Å². The molecule has 0 fully saturated rings. The SMILES string of the molecule is CCCCCCCCOc1ccc(-c2cccc(OCCCCCCCC)c2)nc1. The molecule has 0 aliphatic heterocycles. The van der Waals surface area contributed by atoms with Crippen LogP contribution in [0.15, 0.2) is 42.6 Å². The lowest BCUT2D eigenvalue weighted by molar-refractivity contribution is 0.303. The molecule has 0 N–H and O–H groups in total. The molecule has 0 aliphatic rings. The van der Waals surface area contributed by atoms with Gasteiger partial charge in [0, 0.05) is 5.56 Å². The number of pyridine rings is 1. The highest BCUT2D eigenvalue weighted by Gasteiger charge is 2.03. The average molecular weight is 412 g/mol. The first-order chi connectivity index (χ1) is 14.8. The highest BCUT2D eigenvalue weighted by atomic mass is 16.5. The second kappa shape index (κ2) is 15.8. The maximum Gasteiger partial charge on any atom is 0.137 e. The summed E-state index contributed by atoms with van der Waals surface area (Å²) >= 11 is 0. The zero-order valence-electron chi connectivity index (χ0n) is 19.2. The predicted octanol–water partition coefficient (Wildman–Crippen LogP) is 8.23. The molecule has 0 saturated carbocycles. The van der Waals surface area contributed by atoms with Gasteiger partial charge in [0.05, 0.1) is 25.1 Å². The zero-order chi connectivity index (χ0) is 21.3. The molecule has 3 nitrogen and oxygen atoms in total. The van der Waals surface area contributed by atoms with E-state index in [4.69, 9.17) is 9.47 Å². The van der Waals surface area contributed by atoms with E-state index in [1.165, 1.54) is 64.2 Å². The zero-order valence-corrected chi connectivity index (χ0v) is 19.2. The predicted molar refractivity (Wildman–Crippen MR) is 127 cm³/mol. The van der Waals surface area contributed by atoms with Crippen LogP contribution in [-0.4, -0.2) is 18.2 Å². The number of nitrogens with zero attached hydrogens (tertiary/aromatic N) is 1. The molecule has 1 aromatic heterocycles. The van der Waals surface area contributed by atoms with Crippen molar-refractivity contribution in [2.75, 3.05) is 13.2 Å². The van der Waals surface area contributed by atoms with Crippen LogP contribution in [-0.2, 0) is 0 Å². The largest absolute Gasteiger partial charge is 0.494 e. The van der Waals surface area contributed by atoms with Crippen LogP contribution in [0.5, 0.6) is 11.5 Å². The van der Waals surface area contributed by atoms with E-state index in [9.17, 15) is 0 Å². The van der Waals surface area contributed by atoms with Crippen LogP contribution in [0.4, 0.5) is 0 Å². The van der Waals surface area contributed by atoms with Crippen molar-refractivity contribution in [2.45, 2.75) is 90.9 Å². The average Bonchev–Trinajstić information content (AvgIpc) is 2.78. The fourth-order valence-electron chi connectivity index (χ4n) is 3.53. The summed E-state index contributed by atoms with van der Waals surface area (Å²) < 4.78 is 11.8. The van der Waals surface area contributed by atoms with Crippen molar-refractivity contribution in [3.05, 3.63) is 42.6 Å². The van der Waals surface area contributed by atoms with Crippen LogP contribution < -0.4 is 9.47 Å². The first-order valence-corrected chi connectivity index (χ1v) is 12.2. The third kappa shape index (κ3) is 10.1. The van der Waals surface area contributed by atoms with Crippen molar-refractivity contribution in [3.63, 3.8) is 0 Å². The molecule has 30 heavy (non-hydrogen) atoms. The third-order valence-corrected chi connectivity index (χ3v) is 5.40. The van der Waals surface area contributed by atoms with Gasteiger partial charge in [0.2, 0.25) is 0 Å². The topological polar surface area (TPSA) is 31.4 Å². The van der Waals surface area contributed by atoms with Gasteiger partial charge in [0.25, 0.3) is 0 Å². The fraction of sp³-hybridized carbons (Fsp3) is 0.593. The molecule has 2 aromatic rings. The number of rotatable bonds is 17. The van der Waals surface area contributed by atoms with E-state index in [2.05, 4.69) is 31.0 Å². The summed E-state index contributed by atoms with van der Waals surface area (Å²) in [5.74, 6) is 1.77. The van der Waals surface area contributed by atoms with E-state index in [0.29, 0.717) is 0 Å². The van der Waals surface area contributed by atoms with E-state index in [1.807, 2.05) is 30.5 Å². The van der Waals surface area contributed by atoms with Crippen LogP contribution in [0.2, 0.25) is 0 Å². The van der Waals surface area contributed by atoms with Crippen molar-refractivity contribution in [1.82, 2.24) is 4.98 Å². The second-order valence-electron chi connectivity index (χ2n) is 8.14. The standard InChI is InChI=1S/C27H41NO2/c1-3-5-7-9-11-13-20-29-25-17-15-16-24(22-25)27-19-18-26(23-28-27)30-21-14-12-10-8-6-4-2/h15-19,22-23H,3-14,20-21H2,1-2H3. The molecule has 0 saturated heterocycles. The molecule has 3 heteroatoms. The first kappa shape index (κ1) is 24.2. The Kier molecular flexibility index (Phi) is 12.7. The molecule has 1 aromatic carbocycles. The van der Waals surface area contributed by atoms with Gasteiger partial charge in [0.1, 0.15) is 11.5 Å². The normalized spacial score (nSPS) is 10.9. The summed E-state index contributed by atoms with van der Waals surface area (Å²) in [6.07, 6.45) is 17.2. The molecular weight excluding hydrogens is 370 g/mol. The molecule has 166 valence electrons. The maximum absolute atomic E-state index is 5.95. The molecule has 0 aliphatic carbocycles. The number of aromatic nitrogens is 1. The van der Waals surface area contributed by atoms with E-state index >= 15 is 0 Å². The molecule has 0 spiro atoms. The molecule has 2 rings (SSSR count). The van der Waals surface area contributed by atoms with Crippen LogP contribution >= 0.6 is 0 Å². The molecule has 0 atom stereocenters. The van der Waals surface area contributed by atoms with Crippen LogP contribution in [0, 0.1) is 0 Å². The Bertz CT molecular complexity index is 669. The minimum atomic E-state index is 0.773. The smallest absolute Gasteiger partial charge is 0.137 e. The van der Waals surface area contributed by atoms with E-state index < -0.39 is 0 Å². The van der Waals surface area contributed by atoms with E-state index in [0.717, 1.165) is 48.8 Å². The minimum Gasteiger partial charge on any atom is -0.494 e. The Morgan fingerprint density at radius 1 is 0.633 bits per heavy atom. The summed E-state index contributed by atoms with van der Waals surface area (Å²) in [6, 6.07) is 12.3. The Labute approximate surface area is 184 Å². The lowest BCUT2D eigenvalue weighted by Crippen LogP contribution is -1.98. The van der Waals surface area contributed by atoms with Gasteiger partial charge < -0.3 is 9.47 Å². The second-order valence-corrected chi connectivity index (χ2v) is 8.14. The van der Waals surface area contributed by atoms with Crippen LogP contribution in [0.3, 0.4) is 0 Å². The summed E-state index contributed by atoms with van der Waals surface area (Å²) in [6.45, 7) is 6.06. The molecule has 0 unspecified atom stereocenters.